The first-order valence-electron chi connectivity index (χ1n) is 8.00. The van der Waals surface area contributed by atoms with E-state index in [2.05, 4.69) is 0 Å². The molecule has 0 N–H and O–H groups in total. The Kier molecular flexibility index (Phi) is 6.43. The first-order valence-corrected chi connectivity index (χ1v) is 9.29. The molecule has 0 saturated carbocycles. The van der Waals surface area contributed by atoms with Gasteiger partial charge >= 0.3 is 5.97 Å². The molecule has 5 nitrogen and oxygen atoms in total. The van der Waals surface area contributed by atoms with Crippen LogP contribution in [0.1, 0.15) is 26.7 Å². The number of benzene rings is 1. The van der Waals surface area contributed by atoms with Gasteiger partial charge in [0.1, 0.15) is 5.75 Å². The van der Waals surface area contributed by atoms with Crippen molar-refractivity contribution in [1.82, 2.24) is 0 Å². The molecule has 0 radical (unpaired) electrons. The van der Waals surface area contributed by atoms with Gasteiger partial charge in [0.15, 0.2) is 29.7 Å². The van der Waals surface area contributed by atoms with Crippen molar-refractivity contribution in [3.8, 4) is 5.75 Å². The Hall–Kier alpha value is -1.82. The van der Waals surface area contributed by atoms with Crippen molar-refractivity contribution >= 4 is 29.3 Å². The Balaban J connectivity index is 2.09. The number of ketones is 2. The summed E-state index contributed by atoms with van der Waals surface area (Å²) >= 11 is 1.58. The Labute approximate surface area is 146 Å². The SMILES string of the molecule is CCC(Oc1ccccc1)C(=O)C1C(=O)OC(CC(C)SC)C1=O. The molecule has 1 aromatic carbocycles. The molecule has 0 bridgehead atoms. The van der Waals surface area contributed by atoms with Gasteiger partial charge in [-0.1, -0.05) is 32.0 Å². The summed E-state index contributed by atoms with van der Waals surface area (Å²) in [4.78, 5) is 37.2. The summed E-state index contributed by atoms with van der Waals surface area (Å²) < 4.78 is 10.8. The van der Waals surface area contributed by atoms with Gasteiger partial charge < -0.3 is 9.47 Å². The summed E-state index contributed by atoms with van der Waals surface area (Å²) in [5.74, 6) is -2.54. The van der Waals surface area contributed by atoms with Crippen molar-refractivity contribution in [2.24, 2.45) is 5.92 Å². The first-order chi connectivity index (χ1) is 11.5. The monoisotopic (exact) mass is 350 g/mol. The van der Waals surface area contributed by atoms with Crippen molar-refractivity contribution in [3.05, 3.63) is 30.3 Å². The van der Waals surface area contributed by atoms with E-state index in [1.165, 1.54) is 0 Å². The van der Waals surface area contributed by atoms with Gasteiger partial charge in [-0.05, 0) is 24.8 Å². The molecule has 1 aliphatic heterocycles. The summed E-state index contributed by atoms with van der Waals surface area (Å²) in [6.45, 7) is 3.73. The molecule has 1 aliphatic rings. The summed E-state index contributed by atoms with van der Waals surface area (Å²) in [5.41, 5.74) is 0. The second kappa shape index (κ2) is 8.33. The normalized spacial score (nSPS) is 22.8. The number of cyclic esters (lactones) is 1. The van der Waals surface area contributed by atoms with Gasteiger partial charge in [0, 0.05) is 11.7 Å². The van der Waals surface area contributed by atoms with Crippen LogP contribution in [0.4, 0.5) is 0 Å². The van der Waals surface area contributed by atoms with E-state index in [-0.39, 0.29) is 5.25 Å². The fraction of sp³-hybridized carbons (Fsp3) is 0.500. The molecule has 1 heterocycles. The van der Waals surface area contributed by atoms with Crippen molar-refractivity contribution in [2.45, 2.75) is 44.1 Å². The largest absolute Gasteiger partial charge is 0.483 e. The number of ether oxygens (including phenoxy) is 2. The number of Topliss-reactive ketones (excluding diaryl/α,β-unsaturated/α-hetero) is 2. The van der Waals surface area contributed by atoms with Gasteiger partial charge in [0.25, 0.3) is 0 Å². The number of carbonyl (C=O) groups excluding carboxylic acids is 3. The standard InChI is InChI=1S/C18H22O5S/c1-4-13(22-12-8-6-5-7-9-12)16(19)15-17(20)14(23-18(15)21)10-11(2)24-3/h5-9,11,13-15H,4,10H2,1-3H3. The molecule has 1 aromatic rings. The topological polar surface area (TPSA) is 69.7 Å². The second-order valence-electron chi connectivity index (χ2n) is 5.77. The van der Waals surface area contributed by atoms with Crippen molar-refractivity contribution in [3.63, 3.8) is 0 Å². The number of para-hydroxylation sites is 1. The molecular weight excluding hydrogens is 328 g/mol. The molecule has 130 valence electrons. The Morgan fingerprint density at radius 3 is 2.54 bits per heavy atom. The van der Waals surface area contributed by atoms with Crippen LogP contribution in [0.5, 0.6) is 5.75 Å². The van der Waals surface area contributed by atoms with E-state index >= 15 is 0 Å². The lowest BCUT2D eigenvalue weighted by molar-refractivity contribution is -0.148. The van der Waals surface area contributed by atoms with Crippen LogP contribution < -0.4 is 4.74 Å². The zero-order chi connectivity index (χ0) is 17.7. The molecule has 0 aromatic heterocycles. The van der Waals surface area contributed by atoms with Crippen LogP contribution in [-0.2, 0) is 19.1 Å². The van der Waals surface area contributed by atoms with Gasteiger partial charge in [-0.15, -0.1) is 0 Å². The molecule has 6 heteroatoms. The van der Waals surface area contributed by atoms with Crippen LogP contribution >= 0.6 is 11.8 Å². The van der Waals surface area contributed by atoms with Gasteiger partial charge in [-0.3, -0.25) is 14.4 Å². The van der Waals surface area contributed by atoms with Crippen LogP contribution in [0.25, 0.3) is 0 Å². The lowest BCUT2D eigenvalue weighted by Crippen LogP contribution is -2.38. The highest BCUT2D eigenvalue weighted by molar-refractivity contribution is 7.99. The van der Waals surface area contributed by atoms with Gasteiger partial charge in [0.05, 0.1) is 0 Å². The highest BCUT2D eigenvalue weighted by Crippen LogP contribution is 2.27. The highest BCUT2D eigenvalue weighted by atomic mass is 32.2. The summed E-state index contributed by atoms with van der Waals surface area (Å²) in [6, 6.07) is 8.88. The number of rotatable bonds is 8. The zero-order valence-corrected chi connectivity index (χ0v) is 14.9. The van der Waals surface area contributed by atoms with Crippen LogP contribution in [0, 0.1) is 5.92 Å². The number of carbonyl (C=O) groups is 3. The molecule has 0 spiro atoms. The molecule has 1 fully saturated rings. The summed E-state index contributed by atoms with van der Waals surface area (Å²) in [7, 11) is 0. The minimum atomic E-state index is -1.36. The zero-order valence-electron chi connectivity index (χ0n) is 14.1. The van der Waals surface area contributed by atoms with E-state index in [4.69, 9.17) is 9.47 Å². The van der Waals surface area contributed by atoms with Crippen LogP contribution in [0.15, 0.2) is 30.3 Å². The minimum Gasteiger partial charge on any atom is -0.483 e. The molecule has 1 saturated heterocycles. The maximum atomic E-state index is 12.7. The predicted molar refractivity (Wildman–Crippen MR) is 92.1 cm³/mol. The molecule has 24 heavy (non-hydrogen) atoms. The third kappa shape index (κ3) is 4.17. The maximum absolute atomic E-state index is 12.7. The Bertz CT molecular complexity index is 601. The van der Waals surface area contributed by atoms with Crippen molar-refractivity contribution in [2.75, 3.05) is 6.26 Å². The van der Waals surface area contributed by atoms with Crippen molar-refractivity contribution in [1.29, 1.82) is 0 Å². The lowest BCUT2D eigenvalue weighted by Gasteiger charge is -2.18. The van der Waals surface area contributed by atoms with Crippen LogP contribution in [0.3, 0.4) is 0 Å². The fourth-order valence-corrected chi connectivity index (χ4v) is 2.95. The Morgan fingerprint density at radius 1 is 1.29 bits per heavy atom. The van der Waals surface area contributed by atoms with E-state index < -0.39 is 35.7 Å². The molecule has 4 unspecified atom stereocenters. The van der Waals surface area contributed by atoms with Gasteiger partial charge in [0.2, 0.25) is 0 Å². The number of esters is 1. The third-order valence-electron chi connectivity index (χ3n) is 4.04. The average Bonchev–Trinajstić information content (AvgIpc) is 2.86. The summed E-state index contributed by atoms with van der Waals surface area (Å²) in [6.07, 6.45) is 1.05. The van der Waals surface area contributed by atoms with E-state index in [1.807, 2.05) is 19.2 Å². The lowest BCUT2D eigenvalue weighted by atomic mass is 9.92. The van der Waals surface area contributed by atoms with E-state index in [9.17, 15) is 14.4 Å². The van der Waals surface area contributed by atoms with Crippen molar-refractivity contribution < 1.29 is 23.9 Å². The van der Waals surface area contributed by atoms with Gasteiger partial charge in [-0.25, -0.2) is 0 Å². The van der Waals surface area contributed by atoms with Gasteiger partial charge in [-0.2, -0.15) is 11.8 Å². The molecular formula is C18H22O5S. The van der Waals surface area contributed by atoms with E-state index in [0.29, 0.717) is 18.6 Å². The molecule has 2 rings (SSSR count). The Morgan fingerprint density at radius 2 is 1.96 bits per heavy atom. The molecule has 0 amide bonds. The number of hydrogen-bond donors (Lipinski definition) is 0. The molecule has 0 aliphatic carbocycles. The quantitative estimate of drug-likeness (QED) is 0.530. The number of hydrogen-bond acceptors (Lipinski definition) is 6. The fourth-order valence-electron chi connectivity index (χ4n) is 2.58. The number of thioether (sulfide) groups is 1. The van der Waals surface area contributed by atoms with E-state index in [1.54, 1.807) is 43.0 Å². The third-order valence-corrected chi connectivity index (χ3v) is 5.04. The van der Waals surface area contributed by atoms with E-state index in [0.717, 1.165) is 0 Å². The first kappa shape index (κ1) is 18.5. The maximum Gasteiger partial charge on any atom is 0.325 e. The second-order valence-corrected chi connectivity index (χ2v) is 7.05. The van der Waals surface area contributed by atoms with Crippen LogP contribution in [-0.4, -0.2) is 41.2 Å². The molecule has 4 atom stereocenters. The predicted octanol–water partition coefficient (Wildman–Crippen LogP) is 2.67. The van der Waals surface area contributed by atoms with Crippen LogP contribution in [0.2, 0.25) is 0 Å². The minimum absolute atomic E-state index is 0.170. The highest BCUT2D eigenvalue weighted by Gasteiger charge is 2.49. The smallest absolute Gasteiger partial charge is 0.325 e. The summed E-state index contributed by atoms with van der Waals surface area (Å²) in [5, 5.41) is 0.170. The average molecular weight is 350 g/mol.